The van der Waals surface area contributed by atoms with Crippen molar-refractivity contribution in [3.63, 3.8) is 0 Å². The van der Waals surface area contributed by atoms with Gasteiger partial charge in [-0.1, -0.05) is 30.3 Å². The summed E-state index contributed by atoms with van der Waals surface area (Å²) in [5.74, 6) is 2.10. The summed E-state index contributed by atoms with van der Waals surface area (Å²) in [5.41, 5.74) is 5.32. The highest BCUT2D eigenvalue weighted by Gasteiger charge is 2.34. The zero-order valence-corrected chi connectivity index (χ0v) is 23.7. The van der Waals surface area contributed by atoms with E-state index in [1.807, 2.05) is 77.8 Å². The number of hydrogen-bond donors (Lipinski definition) is 2. The molecule has 43 heavy (non-hydrogen) atoms. The van der Waals surface area contributed by atoms with Gasteiger partial charge in [0.15, 0.2) is 0 Å². The molecule has 1 atom stereocenters. The van der Waals surface area contributed by atoms with E-state index < -0.39 is 0 Å². The van der Waals surface area contributed by atoms with Crippen LogP contribution < -0.4 is 14.8 Å². The predicted octanol–water partition coefficient (Wildman–Crippen LogP) is 5.97. The first-order chi connectivity index (χ1) is 21.1. The van der Waals surface area contributed by atoms with Crippen LogP contribution in [0.1, 0.15) is 51.6 Å². The predicted molar refractivity (Wildman–Crippen MR) is 164 cm³/mol. The van der Waals surface area contributed by atoms with Crippen molar-refractivity contribution >= 4 is 22.8 Å². The molecule has 6 heterocycles. The summed E-state index contributed by atoms with van der Waals surface area (Å²) in [7, 11) is 0. The second kappa shape index (κ2) is 11.6. The fourth-order valence-electron chi connectivity index (χ4n) is 5.91. The van der Waals surface area contributed by atoms with E-state index in [0.29, 0.717) is 56.7 Å². The fourth-order valence-corrected chi connectivity index (χ4v) is 5.91. The van der Waals surface area contributed by atoms with Crippen LogP contribution in [0.5, 0.6) is 17.2 Å². The van der Waals surface area contributed by atoms with Gasteiger partial charge in [0, 0.05) is 31.1 Å². The van der Waals surface area contributed by atoms with Gasteiger partial charge in [-0.2, -0.15) is 0 Å². The number of rotatable bonds is 1. The number of H-pyrrole nitrogens is 1. The van der Waals surface area contributed by atoms with Crippen molar-refractivity contribution in [2.45, 2.75) is 31.7 Å². The number of nitrogens with one attached hydrogen (secondary N) is 2. The number of aromatic nitrogens is 2. The van der Waals surface area contributed by atoms with Crippen LogP contribution in [0.2, 0.25) is 0 Å². The lowest BCUT2D eigenvalue weighted by Gasteiger charge is -2.38. The van der Waals surface area contributed by atoms with E-state index in [9.17, 15) is 9.59 Å². The van der Waals surface area contributed by atoms with Crippen LogP contribution in [0.4, 0.5) is 0 Å². The number of ether oxygens (including phenoxy) is 2. The summed E-state index contributed by atoms with van der Waals surface area (Å²) in [6.45, 7) is 1.55. The zero-order chi connectivity index (χ0) is 29.2. The van der Waals surface area contributed by atoms with Crippen molar-refractivity contribution in [1.29, 1.82) is 0 Å². The molecule has 2 amide bonds. The molecule has 0 saturated carbocycles. The molecular formula is C35H32N4O4. The minimum Gasteiger partial charge on any atom is -0.494 e. The highest BCUT2D eigenvalue weighted by molar-refractivity contribution is 5.95. The molecule has 0 aliphatic carbocycles. The Hall–Kier alpha value is -5.11. The number of carbonyl (C=O) groups excluding carboxylic acids is 2. The third-order valence-electron chi connectivity index (χ3n) is 8.12. The smallest absolute Gasteiger partial charge is 0.273 e. The third kappa shape index (κ3) is 5.68. The number of pyridine rings is 1. The number of aryl methyl sites for hydroxylation is 1. The second-order valence-electron chi connectivity index (χ2n) is 11.0. The molecule has 0 fully saturated rings. The van der Waals surface area contributed by atoms with Gasteiger partial charge < -0.3 is 24.7 Å². The van der Waals surface area contributed by atoms with Crippen molar-refractivity contribution in [1.82, 2.24) is 20.2 Å². The Morgan fingerprint density at radius 1 is 0.884 bits per heavy atom. The van der Waals surface area contributed by atoms with E-state index in [2.05, 4.69) is 27.4 Å². The van der Waals surface area contributed by atoms with Gasteiger partial charge in [0.05, 0.1) is 12.6 Å². The largest absolute Gasteiger partial charge is 0.494 e. The van der Waals surface area contributed by atoms with Crippen LogP contribution in [-0.2, 0) is 17.6 Å². The molecule has 9 rings (SSSR count). The third-order valence-corrected chi connectivity index (χ3v) is 8.12. The molecule has 1 unspecified atom stereocenters. The van der Waals surface area contributed by atoms with Crippen molar-refractivity contribution in [3.8, 4) is 17.2 Å². The minimum atomic E-state index is -0.331. The van der Waals surface area contributed by atoms with Crippen LogP contribution in [0.25, 0.3) is 11.0 Å². The van der Waals surface area contributed by atoms with Crippen molar-refractivity contribution in [2.75, 3.05) is 19.7 Å². The van der Waals surface area contributed by atoms with Crippen molar-refractivity contribution in [3.05, 3.63) is 119 Å². The highest BCUT2D eigenvalue weighted by atomic mass is 16.5. The van der Waals surface area contributed by atoms with E-state index in [1.54, 1.807) is 6.07 Å². The standard InChI is InChI=1S/C35H32N4O4/c40-32-14-7-23-5-9-27(10-6-23)43-29-11-12-30-25(21-29)16-19-39(35(41)31-13-8-24-15-18-37-34(24)38-31)33(30)26-3-1-4-28(22-26)42-20-2-17-36-32/h1,3-6,8-13,15,18,21-22,33H,2,7,14,16-17,19-20H2,(H,36,40)(H,37,38). The summed E-state index contributed by atoms with van der Waals surface area (Å²) in [6, 6.07) is 27.3. The fraction of sp³-hybridized carbons (Fsp3) is 0.229. The number of carbonyl (C=O) groups is 2. The molecule has 0 saturated heterocycles. The Labute approximate surface area is 249 Å². The number of nitrogens with zero attached hydrogens (tertiary/aromatic N) is 2. The molecule has 0 radical (unpaired) electrons. The first kappa shape index (κ1) is 26.8. The van der Waals surface area contributed by atoms with Crippen LogP contribution in [0.3, 0.4) is 0 Å². The SMILES string of the molecule is O=C1CCc2ccc(cc2)Oc2ccc3c(c2)CCN(C(=O)c2ccc4cc[nH]c4n2)C3c2cccc(c2)OCCCN1. The lowest BCUT2D eigenvalue weighted by atomic mass is 9.87. The maximum Gasteiger partial charge on any atom is 0.273 e. The van der Waals surface area contributed by atoms with Gasteiger partial charge in [-0.25, -0.2) is 4.98 Å². The van der Waals surface area contributed by atoms with E-state index in [1.165, 1.54) is 0 Å². The highest BCUT2D eigenvalue weighted by Crippen LogP contribution is 2.39. The summed E-state index contributed by atoms with van der Waals surface area (Å²) < 4.78 is 12.3. The van der Waals surface area contributed by atoms with Gasteiger partial charge in [0.25, 0.3) is 5.91 Å². The van der Waals surface area contributed by atoms with E-state index in [0.717, 1.165) is 44.9 Å². The molecule has 8 bridgehead atoms. The van der Waals surface area contributed by atoms with Crippen molar-refractivity contribution in [2.24, 2.45) is 0 Å². The quantitative estimate of drug-likeness (QED) is 0.258. The Morgan fingerprint density at radius 3 is 2.67 bits per heavy atom. The first-order valence-corrected chi connectivity index (χ1v) is 14.7. The van der Waals surface area contributed by atoms with Gasteiger partial charge in [-0.15, -0.1) is 0 Å². The average Bonchev–Trinajstić information content (AvgIpc) is 3.51. The summed E-state index contributed by atoms with van der Waals surface area (Å²) in [5, 5.41) is 3.95. The molecule has 2 N–H and O–H groups in total. The average molecular weight is 573 g/mol. The topological polar surface area (TPSA) is 96.5 Å². The summed E-state index contributed by atoms with van der Waals surface area (Å²) >= 11 is 0. The molecule has 8 heteroatoms. The Kier molecular flexibility index (Phi) is 7.25. The number of hydrogen-bond acceptors (Lipinski definition) is 5. The van der Waals surface area contributed by atoms with Gasteiger partial charge in [0.2, 0.25) is 5.91 Å². The van der Waals surface area contributed by atoms with Crippen LogP contribution in [0, 0.1) is 0 Å². The summed E-state index contributed by atoms with van der Waals surface area (Å²) in [4.78, 5) is 36.0. The van der Waals surface area contributed by atoms with Crippen LogP contribution >= 0.6 is 0 Å². The second-order valence-corrected chi connectivity index (χ2v) is 11.0. The molecule has 2 aromatic heterocycles. The molecular weight excluding hydrogens is 540 g/mol. The first-order valence-electron chi connectivity index (χ1n) is 14.7. The summed E-state index contributed by atoms with van der Waals surface area (Å²) in [6.07, 6.45) is 4.30. The normalized spacial score (nSPS) is 17.1. The molecule has 4 aliphatic rings. The molecule has 4 aliphatic heterocycles. The van der Waals surface area contributed by atoms with Crippen molar-refractivity contribution < 1.29 is 19.1 Å². The number of benzene rings is 3. The van der Waals surface area contributed by atoms with Gasteiger partial charge in [-0.3, -0.25) is 9.59 Å². The van der Waals surface area contributed by atoms with Crippen LogP contribution in [-0.4, -0.2) is 46.4 Å². The van der Waals surface area contributed by atoms with Gasteiger partial charge in [0.1, 0.15) is 28.6 Å². The Morgan fingerprint density at radius 2 is 1.77 bits per heavy atom. The Bertz CT molecular complexity index is 1800. The molecule has 216 valence electrons. The molecule has 5 aromatic rings. The van der Waals surface area contributed by atoms with E-state index in [-0.39, 0.29) is 17.9 Å². The number of aromatic amines is 1. The zero-order valence-electron chi connectivity index (χ0n) is 23.7. The monoisotopic (exact) mass is 572 g/mol. The lowest BCUT2D eigenvalue weighted by Crippen LogP contribution is -2.41. The van der Waals surface area contributed by atoms with Gasteiger partial charge >= 0.3 is 0 Å². The molecule has 0 spiro atoms. The Balaban J connectivity index is 1.26. The lowest BCUT2D eigenvalue weighted by molar-refractivity contribution is -0.121. The van der Waals surface area contributed by atoms with E-state index in [4.69, 9.17) is 9.47 Å². The number of amides is 2. The minimum absolute atomic E-state index is 0.0245. The molecule has 3 aromatic carbocycles. The maximum atomic E-state index is 14.0. The number of fused-ring (bicyclic) bond motifs is 2. The maximum absolute atomic E-state index is 14.0. The van der Waals surface area contributed by atoms with E-state index >= 15 is 0 Å². The van der Waals surface area contributed by atoms with Gasteiger partial charge in [-0.05, 0) is 96.1 Å². The van der Waals surface area contributed by atoms with Crippen LogP contribution in [0.15, 0.2) is 91.1 Å². The molecule has 8 nitrogen and oxygen atoms in total.